The molecule has 1 heterocycles. The molecule has 1 fully saturated rings. The molecule has 0 unspecified atom stereocenters. The van der Waals surface area contributed by atoms with Gasteiger partial charge in [-0.1, -0.05) is 29.3 Å². The molecule has 2 N–H and O–H groups in total. The van der Waals surface area contributed by atoms with E-state index in [4.69, 9.17) is 23.2 Å². The highest BCUT2D eigenvalue weighted by Crippen LogP contribution is 2.26. The number of urea groups is 1. The normalized spacial score (nSPS) is 13.8. The molecule has 3 amide bonds. The number of hydrogen-bond donors (Lipinski definition) is 2. The fourth-order valence-electron chi connectivity index (χ4n) is 2.32. The van der Waals surface area contributed by atoms with Crippen molar-refractivity contribution in [2.45, 2.75) is 0 Å². The third-order valence-corrected chi connectivity index (χ3v) is 4.31. The van der Waals surface area contributed by atoms with Gasteiger partial charge in [0, 0.05) is 24.5 Å². The fraction of sp³-hybridized carbons (Fsp3) is 0.125. The first-order valence-corrected chi connectivity index (χ1v) is 7.72. The van der Waals surface area contributed by atoms with Crippen molar-refractivity contribution in [1.82, 2.24) is 5.32 Å². The summed E-state index contributed by atoms with van der Waals surface area (Å²) in [5.41, 5.74) is 1.69. The lowest BCUT2D eigenvalue weighted by atomic mass is 10.2. The van der Waals surface area contributed by atoms with Crippen molar-refractivity contribution in [3.8, 4) is 0 Å². The fourth-order valence-corrected chi connectivity index (χ4v) is 2.71. The van der Waals surface area contributed by atoms with E-state index in [1.54, 1.807) is 47.4 Å². The molecule has 0 aliphatic carbocycles. The molecule has 0 saturated carbocycles. The molecule has 0 atom stereocenters. The number of nitrogens with one attached hydrogen (secondary N) is 2. The van der Waals surface area contributed by atoms with E-state index in [0.29, 0.717) is 29.4 Å². The molecule has 0 radical (unpaired) electrons. The van der Waals surface area contributed by atoms with Crippen LogP contribution < -0.4 is 15.5 Å². The maximum Gasteiger partial charge on any atom is 0.321 e. The first-order chi connectivity index (χ1) is 11.1. The Kier molecular flexibility index (Phi) is 4.41. The van der Waals surface area contributed by atoms with Crippen LogP contribution in [0.5, 0.6) is 0 Å². The van der Waals surface area contributed by atoms with E-state index in [-0.39, 0.29) is 17.0 Å². The molecule has 0 bridgehead atoms. The van der Waals surface area contributed by atoms with Crippen LogP contribution in [0.3, 0.4) is 0 Å². The molecule has 2 aromatic carbocycles. The third kappa shape index (κ3) is 3.25. The zero-order valence-electron chi connectivity index (χ0n) is 12.0. The van der Waals surface area contributed by atoms with Crippen molar-refractivity contribution >= 4 is 46.5 Å². The Hall–Kier alpha value is -2.24. The first kappa shape index (κ1) is 15.6. The summed E-state index contributed by atoms with van der Waals surface area (Å²) in [4.78, 5) is 25.5. The van der Waals surface area contributed by atoms with Crippen molar-refractivity contribution in [1.29, 1.82) is 0 Å². The molecule has 1 aliphatic heterocycles. The van der Waals surface area contributed by atoms with Crippen molar-refractivity contribution in [2.24, 2.45) is 0 Å². The molecule has 1 aliphatic rings. The lowest BCUT2D eigenvalue weighted by molar-refractivity contribution is 0.102. The molecular weight excluding hydrogens is 337 g/mol. The number of rotatable bonds is 3. The van der Waals surface area contributed by atoms with Gasteiger partial charge in [0.1, 0.15) is 0 Å². The molecule has 3 rings (SSSR count). The summed E-state index contributed by atoms with van der Waals surface area (Å²) in [5.74, 6) is -0.343. The summed E-state index contributed by atoms with van der Waals surface area (Å²) >= 11 is 12.0. The van der Waals surface area contributed by atoms with Gasteiger partial charge in [-0.3, -0.25) is 9.69 Å². The predicted octanol–water partition coefficient (Wildman–Crippen LogP) is 3.78. The number of halogens is 2. The number of carbonyl (C=O) groups is 2. The summed E-state index contributed by atoms with van der Waals surface area (Å²) < 4.78 is 0. The molecule has 7 heteroatoms. The third-order valence-electron chi connectivity index (χ3n) is 3.49. The standard InChI is InChI=1S/C16H13Cl2N3O2/c17-13-3-1-2-12(14(13)18)15(22)20-10-4-6-11(7-5-10)21-9-8-19-16(21)23/h1-7H,8-9H2,(H,19,23)(H,20,22). The molecule has 0 spiro atoms. The molecule has 0 aromatic heterocycles. The van der Waals surface area contributed by atoms with Crippen LogP contribution >= 0.6 is 23.2 Å². The monoisotopic (exact) mass is 349 g/mol. The number of carbonyl (C=O) groups excluding carboxylic acids is 2. The van der Waals surface area contributed by atoms with Crippen molar-refractivity contribution < 1.29 is 9.59 Å². The second kappa shape index (κ2) is 6.48. The van der Waals surface area contributed by atoms with Gasteiger partial charge in [0.15, 0.2) is 0 Å². The van der Waals surface area contributed by atoms with Gasteiger partial charge < -0.3 is 10.6 Å². The van der Waals surface area contributed by atoms with Crippen molar-refractivity contribution in [2.75, 3.05) is 23.3 Å². The van der Waals surface area contributed by atoms with Gasteiger partial charge in [-0.2, -0.15) is 0 Å². The SMILES string of the molecule is O=C(Nc1ccc(N2CCNC2=O)cc1)c1cccc(Cl)c1Cl. The lowest BCUT2D eigenvalue weighted by Gasteiger charge is -2.15. The minimum absolute atomic E-state index is 0.118. The summed E-state index contributed by atoms with van der Waals surface area (Å²) in [7, 11) is 0. The van der Waals surface area contributed by atoms with E-state index in [1.807, 2.05) is 0 Å². The van der Waals surface area contributed by atoms with Gasteiger partial charge in [-0.05, 0) is 36.4 Å². The Labute approximate surface area is 143 Å². The van der Waals surface area contributed by atoms with E-state index in [0.717, 1.165) is 5.69 Å². The first-order valence-electron chi connectivity index (χ1n) is 6.97. The summed E-state index contributed by atoms with van der Waals surface area (Å²) in [5, 5.41) is 6.04. The maximum atomic E-state index is 12.3. The highest BCUT2D eigenvalue weighted by molar-refractivity contribution is 6.44. The quantitative estimate of drug-likeness (QED) is 0.885. The van der Waals surface area contributed by atoms with E-state index in [1.165, 1.54) is 0 Å². The smallest absolute Gasteiger partial charge is 0.321 e. The van der Waals surface area contributed by atoms with Crippen LogP contribution in [0, 0.1) is 0 Å². The average Bonchev–Trinajstić information content (AvgIpc) is 2.97. The molecule has 1 saturated heterocycles. The van der Waals surface area contributed by atoms with Crippen molar-refractivity contribution in [3.63, 3.8) is 0 Å². The highest BCUT2D eigenvalue weighted by atomic mass is 35.5. The van der Waals surface area contributed by atoms with Gasteiger partial charge in [0.05, 0.1) is 15.6 Å². The second-order valence-corrected chi connectivity index (χ2v) is 5.77. The second-order valence-electron chi connectivity index (χ2n) is 4.99. The Bertz CT molecular complexity index is 762. The van der Waals surface area contributed by atoms with Gasteiger partial charge >= 0.3 is 6.03 Å². The molecule has 23 heavy (non-hydrogen) atoms. The number of benzene rings is 2. The number of hydrogen-bond acceptors (Lipinski definition) is 2. The van der Waals surface area contributed by atoms with E-state index >= 15 is 0 Å². The zero-order chi connectivity index (χ0) is 16.4. The van der Waals surface area contributed by atoms with Crippen molar-refractivity contribution in [3.05, 3.63) is 58.1 Å². The van der Waals surface area contributed by atoms with Crippen LogP contribution in [0.15, 0.2) is 42.5 Å². The highest BCUT2D eigenvalue weighted by Gasteiger charge is 2.21. The Morgan fingerprint density at radius 2 is 1.87 bits per heavy atom. The zero-order valence-corrected chi connectivity index (χ0v) is 13.5. The van der Waals surface area contributed by atoms with Gasteiger partial charge in [0.2, 0.25) is 0 Å². The maximum absolute atomic E-state index is 12.3. The number of anilines is 2. The molecule has 5 nitrogen and oxygen atoms in total. The topological polar surface area (TPSA) is 61.4 Å². The number of amides is 3. The Morgan fingerprint density at radius 3 is 2.52 bits per heavy atom. The molecule has 2 aromatic rings. The van der Waals surface area contributed by atoms with Crippen LogP contribution in [-0.4, -0.2) is 25.0 Å². The minimum Gasteiger partial charge on any atom is -0.336 e. The molecule has 118 valence electrons. The van der Waals surface area contributed by atoms with Gasteiger partial charge in [-0.15, -0.1) is 0 Å². The Morgan fingerprint density at radius 1 is 1.13 bits per heavy atom. The summed E-state index contributed by atoms with van der Waals surface area (Å²) in [6.45, 7) is 1.26. The average molecular weight is 350 g/mol. The minimum atomic E-state index is -0.343. The van der Waals surface area contributed by atoms with Crippen LogP contribution in [0.25, 0.3) is 0 Å². The predicted molar refractivity (Wildman–Crippen MR) is 91.6 cm³/mol. The van der Waals surface area contributed by atoms with Gasteiger partial charge in [-0.25, -0.2) is 4.79 Å². The lowest BCUT2D eigenvalue weighted by Crippen LogP contribution is -2.27. The van der Waals surface area contributed by atoms with Crippen LogP contribution in [0.2, 0.25) is 10.0 Å². The summed E-state index contributed by atoms with van der Waals surface area (Å²) in [6, 6.07) is 11.8. The molecular formula is C16H13Cl2N3O2. The van der Waals surface area contributed by atoms with Gasteiger partial charge in [0.25, 0.3) is 5.91 Å². The number of nitrogens with zero attached hydrogens (tertiary/aromatic N) is 1. The van der Waals surface area contributed by atoms with E-state index in [9.17, 15) is 9.59 Å². The summed E-state index contributed by atoms with van der Waals surface area (Å²) in [6.07, 6.45) is 0. The largest absolute Gasteiger partial charge is 0.336 e. The van der Waals surface area contributed by atoms with Crippen LogP contribution in [0.1, 0.15) is 10.4 Å². The van der Waals surface area contributed by atoms with Crippen LogP contribution in [0.4, 0.5) is 16.2 Å². The van der Waals surface area contributed by atoms with E-state index in [2.05, 4.69) is 10.6 Å². The van der Waals surface area contributed by atoms with Crippen LogP contribution in [-0.2, 0) is 0 Å². The Balaban J connectivity index is 1.74. The van der Waals surface area contributed by atoms with E-state index < -0.39 is 0 Å².